The minimum absolute atomic E-state index is 0.181. The van der Waals surface area contributed by atoms with Gasteiger partial charge in [0.15, 0.2) is 0 Å². The quantitative estimate of drug-likeness (QED) is 0.680. The Morgan fingerprint density at radius 1 is 1.41 bits per heavy atom. The van der Waals surface area contributed by atoms with Gasteiger partial charge in [-0.25, -0.2) is 4.98 Å². The van der Waals surface area contributed by atoms with Gasteiger partial charge >= 0.3 is 6.18 Å². The van der Waals surface area contributed by atoms with Crippen molar-refractivity contribution < 1.29 is 18.1 Å². The van der Waals surface area contributed by atoms with Gasteiger partial charge in [0, 0.05) is 43.7 Å². The second kappa shape index (κ2) is 6.04. The minimum atomic E-state index is -4.78. The summed E-state index contributed by atoms with van der Waals surface area (Å²) in [7, 11) is 1.82. The number of nitrogens with one attached hydrogen (secondary N) is 1. The molecule has 1 N–H and O–H groups in total. The molecule has 0 fully saturated rings. The third-order valence-electron chi connectivity index (χ3n) is 3.13. The fourth-order valence-corrected chi connectivity index (χ4v) is 1.99. The van der Waals surface area contributed by atoms with E-state index in [0.717, 1.165) is 17.8 Å². The van der Waals surface area contributed by atoms with E-state index >= 15 is 0 Å². The summed E-state index contributed by atoms with van der Waals surface area (Å²) < 4.78 is 40.3. The topological polar surface area (TPSA) is 73.0 Å². The van der Waals surface area contributed by atoms with Gasteiger partial charge in [0.25, 0.3) is 5.69 Å². The zero-order valence-corrected chi connectivity index (χ0v) is 11.6. The molecule has 0 spiro atoms. The van der Waals surface area contributed by atoms with E-state index in [1.807, 2.05) is 7.05 Å². The summed E-state index contributed by atoms with van der Waals surface area (Å²) >= 11 is 0. The molecule has 22 heavy (non-hydrogen) atoms. The Morgan fingerprint density at radius 3 is 2.68 bits per heavy atom. The Labute approximate surface area is 123 Å². The lowest BCUT2D eigenvalue weighted by molar-refractivity contribution is -0.388. The lowest BCUT2D eigenvalue weighted by Crippen LogP contribution is -2.11. The van der Waals surface area contributed by atoms with Crippen molar-refractivity contribution in [2.45, 2.75) is 12.6 Å². The zero-order chi connectivity index (χ0) is 16.3. The van der Waals surface area contributed by atoms with Gasteiger partial charge in [0.2, 0.25) is 0 Å². The van der Waals surface area contributed by atoms with Crippen molar-refractivity contribution in [3.05, 3.63) is 52.1 Å². The van der Waals surface area contributed by atoms with Crippen LogP contribution in [0.2, 0.25) is 0 Å². The fraction of sp³-hybridized carbons (Fsp3) is 0.308. The number of imidazole rings is 1. The average molecular weight is 314 g/mol. The molecular weight excluding hydrogens is 301 g/mol. The van der Waals surface area contributed by atoms with Crippen LogP contribution < -0.4 is 5.32 Å². The van der Waals surface area contributed by atoms with E-state index in [1.165, 1.54) is 6.07 Å². The number of aromatic nitrogens is 2. The van der Waals surface area contributed by atoms with E-state index in [0.29, 0.717) is 13.0 Å². The van der Waals surface area contributed by atoms with Crippen LogP contribution in [0, 0.1) is 10.1 Å². The van der Waals surface area contributed by atoms with Gasteiger partial charge in [-0.3, -0.25) is 10.1 Å². The van der Waals surface area contributed by atoms with Crippen molar-refractivity contribution in [1.82, 2.24) is 9.55 Å². The van der Waals surface area contributed by atoms with Gasteiger partial charge in [0.05, 0.1) is 11.3 Å². The molecule has 0 aliphatic carbocycles. The third-order valence-corrected chi connectivity index (χ3v) is 3.13. The molecule has 0 amide bonds. The van der Waals surface area contributed by atoms with Crippen LogP contribution in [-0.2, 0) is 19.6 Å². The van der Waals surface area contributed by atoms with E-state index < -0.39 is 22.4 Å². The molecule has 0 aliphatic heterocycles. The summed E-state index contributed by atoms with van der Waals surface area (Å²) in [6.07, 6.45) is -0.918. The standard InChI is InChI=1S/C13H13F3N4O2/c1-19-8-17-7-10(19)4-5-18-9-2-3-12(20(21)22)11(6-9)13(14,15)16/h2-3,6-8,18H,4-5H2,1H3. The maximum atomic E-state index is 12.8. The second-order valence-corrected chi connectivity index (χ2v) is 4.66. The molecule has 0 saturated heterocycles. The van der Waals surface area contributed by atoms with Crippen molar-refractivity contribution in [3.63, 3.8) is 0 Å². The number of aryl methyl sites for hydroxylation is 1. The van der Waals surface area contributed by atoms with Crippen LogP contribution in [0.25, 0.3) is 0 Å². The minimum Gasteiger partial charge on any atom is -0.385 e. The SMILES string of the molecule is Cn1cncc1CCNc1ccc([N+](=O)[O-])c(C(F)(F)F)c1. The maximum absolute atomic E-state index is 12.8. The molecule has 2 aromatic rings. The highest BCUT2D eigenvalue weighted by Gasteiger charge is 2.38. The first kappa shape index (κ1) is 15.8. The van der Waals surface area contributed by atoms with Gasteiger partial charge in [-0.2, -0.15) is 13.2 Å². The van der Waals surface area contributed by atoms with Crippen LogP contribution in [0.5, 0.6) is 0 Å². The molecule has 0 atom stereocenters. The maximum Gasteiger partial charge on any atom is 0.423 e. The highest BCUT2D eigenvalue weighted by molar-refractivity contribution is 5.55. The Hall–Kier alpha value is -2.58. The molecule has 0 unspecified atom stereocenters. The van der Waals surface area contributed by atoms with Crippen LogP contribution in [0.1, 0.15) is 11.3 Å². The molecule has 1 heterocycles. The Bertz CT molecular complexity index is 682. The summed E-state index contributed by atoms with van der Waals surface area (Å²) in [6, 6.07) is 2.87. The van der Waals surface area contributed by atoms with Crippen molar-refractivity contribution in [1.29, 1.82) is 0 Å². The molecule has 118 valence electrons. The monoisotopic (exact) mass is 314 g/mol. The largest absolute Gasteiger partial charge is 0.423 e. The number of benzene rings is 1. The van der Waals surface area contributed by atoms with E-state index in [4.69, 9.17) is 0 Å². The predicted octanol–water partition coefficient (Wildman–Crippen LogP) is 3.00. The molecule has 0 saturated carbocycles. The number of nitrogens with zero attached hydrogens (tertiary/aromatic N) is 3. The molecule has 9 heteroatoms. The Morgan fingerprint density at radius 2 is 2.14 bits per heavy atom. The van der Waals surface area contributed by atoms with Gasteiger partial charge in [-0.05, 0) is 12.1 Å². The Balaban J connectivity index is 2.12. The summed E-state index contributed by atoms with van der Waals surface area (Å²) in [5.41, 5.74) is -1.11. The van der Waals surface area contributed by atoms with Crippen LogP contribution in [-0.4, -0.2) is 21.0 Å². The first-order chi connectivity index (χ1) is 10.3. The second-order valence-electron chi connectivity index (χ2n) is 4.66. The normalized spacial score (nSPS) is 11.5. The van der Waals surface area contributed by atoms with Crippen molar-refractivity contribution in [3.8, 4) is 0 Å². The summed E-state index contributed by atoms with van der Waals surface area (Å²) in [4.78, 5) is 13.6. The molecule has 0 radical (unpaired) electrons. The van der Waals surface area contributed by atoms with Crippen molar-refractivity contribution >= 4 is 11.4 Å². The summed E-state index contributed by atoms with van der Waals surface area (Å²) in [6.45, 7) is 0.384. The fourth-order valence-electron chi connectivity index (χ4n) is 1.99. The molecule has 6 nitrogen and oxygen atoms in total. The highest BCUT2D eigenvalue weighted by atomic mass is 19.4. The molecular formula is C13H13F3N4O2. The van der Waals surface area contributed by atoms with Gasteiger partial charge in [-0.1, -0.05) is 0 Å². The van der Waals surface area contributed by atoms with Crippen molar-refractivity contribution in [2.24, 2.45) is 7.05 Å². The number of alkyl halides is 3. The number of halogens is 3. The number of anilines is 1. The van der Waals surface area contributed by atoms with Gasteiger partial charge in [0.1, 0.15) is 5.56 Å². The first-order valence-electron chi connectivity index (χ1n) is 6.33. The molecule has 1 aromatic heterocycles. The lowest BCUT2D eigenvalue weighted by atomic mass is 10.1. The van der Waals surface area contributed by atoms with Crippen LogP contribution in [0.4, 0.5) is 24.5 Å². The highest BCUT2D eigenvalue weighted by Crippen LogP contribution is 2.37. The molecule has 0 aliphatic rings. The molecule has 1 aromatic carbocycles. The van der Waals surface area contributed by atoms with Crippen LogP contribution in [0.15, 0.2) is 30.7 Å². The van der Waals surface area contributed by atoms with Gasteiger partial charge in [-0.15, -0.1) is 0 Å². The number of hydrogen-bond donors (Lipinski definition) is 1. The summed E-state index contributed by atoms with van der Waals surface area (Å²) in [5, 5.41) is 13.5. The van der Waals surface area contributed by atoms with E-state index in [9.17, 15) is 23.3 Å². The first-order valence-corrected chi connectivity index (χ1v) is 6.33. The molecule has 2 rings (SSSR count). The number of nitro benzene ring substituents is 1. The van der Waals surface area contributed by atoms with E-state index in [1.54, 1.807) is 17.1 Å². The lowest BCUT2D eigenvalue weighted by Gasteiger charge is -2.11. The number of nitro groups is 1. The summed E-state index contributed by atoms with van der Waals surface area (Å²) in [5.74, 6) is 0. The van der Waals surface area contributed by atoms with E-state index in [-0.39, 0.29) is 5.69 Å². The molecule has 0 bridgehead atoms. The number of hydrogen-bond acceptors (Lipinski definition) is 4. The average Bonchev–Trinajstić information content (AvgIpc) is 2.83. The van der Waals surface area contributed by atoms with Crippen LogP contribution >= 0.6 is 0 Å². The Kier molecular flexibility index (Phi) is 4.34. The number of rotatable bonds is 5. The van der Waals surface area contributed by atoms with Gasteiger partial charge < -0.3 is 9.88 Å². The third kappa shape index (κ3) is 3.54. The zero-order valence-electron chi connectivity index (χ0n) is 11.6. The smallest absolute Gasteiger partial charge is 0.385 e. The van der Waals surface area contributed by atoms with E-state index in [2.05, 4.69) is 10.3 Å². The predicted molar refractivity (Wildman–Crippen MR) is 73.5 cm³/mol. The van der Waals surface area contributed by atoms with Crippen LogP contribution in [0.3, 0.4) is 0 Å². The van der Waals surface area contributed by atoms with Crippen molar-refractivity contribution in [2.75, 3.05) is 11.9 Å².